The Hall–Kier alpha value is -3.43. The summed E-state index contributed by atoms with van der Waals surface area (Å²) in [4.78, 5) is 24.5. The minimum Gasteiger partial charge on any atom is -0.480 e. The summed E-state index contributed by atoms with van der Waals surface area (Å²) in [6, 6.07) is 21.4. The van der Waals surface area contributed by atoms with Crippen molar-refractivity contribution in [1.29, 1.82) is 0 Å². The van der Waals surface area contributed by atoms with Crippen LogP contribution in [0, 0.1) is 0 Å². The standard InChI is InChI=1S/C28H24Cl2N2O5S/c29-21-13-22(30)15-24(14-21)38(36,37)32(17-28(34)35)23-9-10-25-20(12-23)2-1-3-26(25)27(33)11-8-18-4-6-19(16-31)7-5-18/h1-7,9-10,12-15H,8,11,16-17,31H2,(H,34,35). The largest absolute Gasteiger partial charge is 0.480 e. The van der Waals surface area contributed by atoms with Crippen LogP contribution in [0.2, 0.25) is 10.0 Å². The van der Waals surface area contributed by atoms with Crippen molar-refractivity contribution >= 4 is 61.4 Å². The Labute approximate surface area is 230 Å². The Morgan fingerprint density at radius 3 is 2.16 bits per heavy atom. The van der Waals surface area contributed by atoms with Crippen LogP contribution < -0.4 is 10.0 Å². The predicted octanol–water partition coefficient (Wildman–Crippen LogP) is 5.70. The SMILES string of the molecule is NCc1ccc(CCC(=O)c2cccc3cc(N(CC(=O)O)S(=O)(=O)c4cc(Cl)cc(Cl)c4)ccc23)cc1. The van der Waals surface area contributed by atoms with Crippen LogP contribution >= 0.6 is 23.2 Å². The number of halogens is 2. The molecule has 0 spiro atoms. The molecule has 0 radical (unpaired) electrons. The number of ketones is 1. The van der Waals surface area contributed by atoms with E-state index in [1.807, 2.05) is 24.3 Å². The van der Waals surface area contributed by atoms with Crippen molar-refractivity contribution in [3.05, 3.63) is 106 Å². The number of nitrogens with zero attached hydrogens (tertiary/aromatic N) is 1. The van der Waals surface area contributed by atoms with E-state index in [1.54, 1.807) is 30.3 Å². The van der Waals surface area contributed by atoms with Crippen molar-refractivity contribution < 1.29 is 23.1 Å². The van der Waals surface area contributed by atoms with E-state index < -0.39 is 22.5 Å². The number of hydrogen-bond donors (Lipinski definition) is 2. The van der Waals surface area contributed by atoms with Gasteiger partial charge in [0.1, 0.15) is 6.54 Å². The summed E-state index contributed by atoms with van der Waals surface area (Å²) in [6.45, 7) is -0.366. The summed E-state index contributed by atoms with van der Waals surface area (Å²) < 4.78 is 27.6. The second-order valence-electron chi connectivity index (χ2n) is 8.67. The highest BCUT2D eigenvalue weighted by Crippen LogP contribution is 2.31. The number of benzene rings is 4. The van der Waals surface area contributed by atoms with Gasteiger partial charge in [0.05, 0.1) is 10.6 Å². The van der Waals surface area contributed by atoms with Gasteiger partial charge in [-0.15, -0.1) is 0 Å². The van der Waals surface area contributed by atoms with Crippen molar-refractivity contribution in [2.75, 3.05) is 10.8 Å². The molecule has 4 aromatic rings. The summed E-state index contributed by atoms with van der Waals surface area (Å²) in [5.74, 6) is -1.40. The number of carboxylic acid groups (broad SMARTS) is 1. The fraction of sp³-hybridized carbons (Fsp3) is 0.143. The van der Waals surface area contributed by atoms with Gasteiger partial charge in [-0.1, -0.05) is 71.7 Å². The van der Waals surface area contributed by atoms with Gasteiger partial charge < -0.3 is 10.8 Å². The third-order valence-electron chi connectivity index (χ3n) is 6.05. The Kier molecular flexibility index (Phi) is 8.38. The van der Waals surface area contributed by atoms with E-state index >= 15 is 0 Å². The summed E-state index contributed by atoms with van der Waals surface area (Å²) >= 11 is 12.0. The molecular weight excluding hydrogens is 547 g/mol. The topological polar surface area (TPSA) is 118 Å². The molecule has 38 heavy (non-hydrogen) atoms. The molecule has 0 bridgehead atoms. The third kappa shape index (κ3) is 6.16. The van der Waals surface area contributed by atoms with Crippen molar-refractivity contribution in [2.45, 2.75) is 24.3 Å². The molecule has 0 aliphatic heterocycles. The second kappa shape index (κ2) is 11.5. The average Bonchev–Trinajstić information content (AvgIpc) is 2.89. The molecule has 4 aromatic carbocycles. The molecule has 7 nitrogen and oxygen atoms in total. The average molecular weight is 571 g/mol. The fourth-order valence-electron chi connectivity index (χ4n) is 4.15. The van der Waals surface area contributed by atoms with Crippen molar-refractivity contribution in [2.24, 2.45) is 5.73 Å². The van der Waals surface area contributed by atoms with Crippen LogP contribution in [0.1, 0.15) is 27.9 Å². The summed E-state index contributed by atoms with van der Waals surface area (Å²) in [6.07, 6.45) is 0.850. The quantitative estimate of drug-likeness (QED) is 0.236. The molecule has 0 aromatic heterocycles. The zero-order valence-corrected chi connectivity index (χ0v) is 22.4. The number of Topliss-reactive ketones (excluding diaryl/α,β-unsaturated/α-hetero) is 1. The van der Waals surface area contributed by atoms with Crippen LogP contribution in [-0.2, 0) is 27.8 Å². The molecule has 0 fully saturated rings. The van der Waals surface area contributed by atoms with Gasteiger partial charge in [0.2, 0.25) is 0 Å². The Morgan fingerprint density at radius 1 is 0.868 bits per heavy atom. The maximum absolute atomic E-state index is 13.4. The van der Waals surface area contributed by atoms with E-state index in [9.17, 15) is 23.1 Å². The lowest BCUT2D eigenvalue weighted by Gasteiger charge is -2.23. The number of rotatable bonds is 10. The zero-order chi connectivity index (χ0) is 27.4. The molecule has 0 aliphatic carbocycles. The van der Waals surface area contributed by atoms with Gasteiger partial charge in [0.25, 0.3) is 10.0 Å². The highest BCUT2D eigenvalue weighted by atomic mass is 35.5. The van der Waals surface area contributed by atoms with Gasteiger partial charge in [0, 0.05) is 28.6 Å². The molecule has 0 heterocycles. The maximum Gasteiger partial charge on any atom is 0.324 e. The smallest absolute Gasteiger partial charge is 0.324 e. The monoisotopic (exact) mass is 570 g/mol. The van der Waals surface area contributed by atoms with E-state index in [0.717, 1.165) is 15.4 Å². The van der Waals surface area contributed by atoms with Gasteiger partial charge in [-0.25, -0.2) is 8.42 Å². The number of carbonyl (C=O) groups excluding carboxylic acids is 1. The maximum atomic E-state index is 13.4. The molecule has 0 atom stereocenters. The number of fused-ring (bicyclic) bond motifs is 1. The number of nitrogens with two attached hydrogens (primary N) is 1. The summed E-state index contributed by atoms with van der Waals surface area (Å²) in [5.41, 5.74) is 8.30. The summed E-state index contributed by atoms with van der Waals surface area (Å²) in [5, 5.41) is 10.9. The third-order valence-corrected chi connectivity index (χ3v) is 8.24. The van der Waals surface area contributed by atoms with E-state index in [4.69, 9.17) is 28.9 Å². The van der Waals surface area contributed by atoms with E-state index in [2.05, 4.69) is 0 Å². The van der Waals surface area contributed by atoms with E-state index in [-0.39, 0.29) is 32.8 Å². The number of sulfonamides is 1. The fourth-order valence-corrected chi connectivity index (χ4v) is 6.28. The molecular formula is C28H24Cl2N2O5S. The molecule has 0 amide bonds. The van der Waals surface area contributed by atoms with Gasteiger partial charge in [-0.3, -0.25) is 13.9 Å². The lowest BCUT2D eigenvalue weighted by Crippen LogP contribution is -2.35. The van der Waals surface area contributed by atoms with E-state index in [1.165, 1.54) is 24.3 Å². The molecule has 4 rings (SSSR count). The normalized spacial score (nSPS) is 11.4. The lowest BCUT2D eigenvalue weighted by atomic mass is 9.97. The number of carboxylic acids is 1. The number of carbonyl (C=O) groups is 2. The second-order valence-corrected chi connectivity index (χ2v) is 11.4. The van der Waals surface area contributed by atoms with Crippen LogP contribution in [0.15, 0.2) is 83.8 Å². The number of aryl methyl sites for hydroxylation is 1. The number of aliphatic carboxylic acids is 1. The van der Waals surface area contributed by atoms with Gasteiger partial charge in [-0.05, 0) is 58.7 Å². The highest BCUT2D eigenvalue weighted by molar-refractivity contribution is 7.92. The summed E-state index contributed by atoms with van der Waals surface area (Å²) in [7, 11) is -4.32. The zero-order valence-electron chi connectivity index (χ0n) is 20.1. The Morgan fingerprint density at radius 2 is 1.53 bits per heavy atom. The van der Waals surface area contributed by atoms with Crippen LogP contribution in [0.3, 0.4) is 0 Å². The van der Waals surface area contributed by atoms with Gasteiger partial charge in [-0.2, -0.15) is 0 Å². The minimum atomic E-state index is -4.32. The first-order valence-electron chi connectivity index (χ1n) is 11.6. The molecule has 10 heteroatoms. The first kappa shape index (κ1) is 27.6. The number of hydrogen-bond acceptors (Lipinski definition) is 5. The van der Waals surface area contributed by atoms with Crippen molar-refractivity contribution in [3.63, 3.8) is 0 Å². The van der Waals surface area contributed by atoms with Crippen LogP contribution in [-0.4, -0.2) is 31.8 Å². The van der Waals surface area contributed by atoms with Gasteiger partial charge >= 0.3 is 5.97 Å². The predicted molar refractivity (Wildman–Crippen MR) is 150 cm³/mol. The molecule has 196 valence electrons. The molecule has 0 unspecified atom stereocenters. The Bertz CT molecular complexity index is 1600. The van der Waals surface area contributed by atoms with E-state index in [0.29, 0.717) is 29.3 Å². The van der Waals surface area contributed by atoms with Crippen LogP contribution in [0.4, 0.5) is 5.69 Å². The van der Waals surface area contributed by atoms with Crippen molar-refractivity contribution in [3.8, 4) is 0 Å². The molecule has 0 aliphatic rings. The molecule has 0 saturated heterocycles. The molecule has 0 saturated carbocycles. The lowest BCUT2D eigenvalue weighted by molar-refractivity contribution is -0.135. The highest BCUT2D eigenvalue weighted by Gasteiger charge is 2.28. The first-order chi connectivity index (χ1) is 18.1. The molecule has 3 N–H and O–H groups in total. The minimum absolute atomic E-state index is 0.0603. The van der Waals surface area contributed by atoms with Crippen molar-refractivity contribution in [1.82, 2.24) is 0 Å². The number of anilines is 1. The van der Waals surface area contributed by atoms with Crippen LogP contribution in [0.25, 0.3) is 10.8 Å². The van der Waals surface area contributed by atoms with Crippen LogP contribution in [0.5, 0.6) is 0 Å². The van der Waals surface area contributed by atoms with Gasteiger partial charge in [0.15, 0.2) is 5.78 Å². The first-order valence-corrected chi connectivity index (χ1v) is 13.8. The Balaban J connectivity index is 1.66.